The van der Waals surface area contributed by atoms with E-state index in [1.807, 2.05) is 0 Å². The molecule has 0 aliphatic carbocycles. The average molecular weight is 497 g/mol. The molecular formula is C28H56N4O3. The molecule has 0 unspecified atom stereocenters. The highest BCUT2D eigenvalue weighted by molar-refractivity contribution is 5.87. The molecule has 3 amide bonds. The van der Waals surface area contributed by atoms with Crippen molar-refractivity contribution in [3.63, 3.8) is 0 Å². The van der Waals surface area contributed by atoms with Crippen molar-refractivity contribution < 1.29 is 14.4 Å². The molecule has 0 fully saturated rings. The summed E-state index contributed by atoms with van der Waals surface area (Å²) in [6, 6.07) is 0. The molecule has 7 heteroatoms. The van der Waals surface area contributed by atoms with Gasteiger partial charge in [-0.1, -0.05) is 123 Å². The Morgan fingerprint density at radius 1 is 0.600 bits per heavy atom. The second-order valence-electron chi connectivity index (χ2n) is 9.83. The number of carbonyl (C=O) groups excluding carboxylic acids is 3. The van der Waals surface area contributed by atoms with E-state index in [0.717, 1.165) is 37.1 Å². The van der Waals surface area contributed by atoms with Crippen LogP contribution >= 0.6 is 0 Å². The zero-order chi connectivity index (χ0) is 26.0. The lowest BCUT2D eigenvalue weighted by atomic mass is 10.1. The van der Waals surface area contributed by atoms with Crippen LogP contribution in [-0.4, -0.2) is 42.4 Å². The van der Waals surface area contributed by atoms with Gasteiger partial charge in [0.2, 0.25) is 11.8 Å². The van der Waals surface area contributed by atoms with Gasteiger partial charge < -0.3 is 11.1 Å². The number of nitrogens with one attached hydrogen (secondary N) is 2. The van der Waals surface area contributed by atoms with E-state index in [0.29, 0.717) is 13.0 Å². The summed E-state index contributed by atoms with van der Waals surface area (Å²) in [6.45, 7) is 4.61. The first-order valence-electron chi connectivity index (χ1n) is 14.6. The molecule has 0 atom stereocenters. The summed E-state index contributed by atoms with van der Waals surface area (Å²) in [7, 11) is 0. The molecule has 0 bridgehead atoms. The fourth-order valence-electron chi connectivity index (χ4n) is 4.14. The largest absolute Gasteiger partial charge is 0.354 e. The summed E-state index contributed by atoms with van der Waals surface area (Å²) in [6.07, 6.45) is 23.4. The molecule has 0 radical (unpaired) electrons. The Kier molecular flexibility index (Phi) is 24.3. The van der Waals surface area contributed by atoms with Gasteiger partial charge in [0, 0.05) is 13.0 Å². The molecule has 0 aromatic rings. The van der Waals surface area contributed by atoms with E-state index in [-0.39, 0.29) is 24.9 Å². The summed E-state index contributed by atoms with van der Waals surface area (Å²) >= 11 is 0. The van der Waals surface area contributed by atoms with Crippen molar-refractivity contribution in [1.29, 1.82) is 0 Å². The highest BCUT2D eigenvalue weighted by Gasteiger charge is 2.18. The van der Waals surface area contributed by atoms with Crippen LogP contribution in [0.25, 0.3) is 0 Å². The van der Waals surface area contributed by atoms with Crippen LogP contribution in [0.15, 0.2) is 0 Å². The van der Waals surface area contributed by atoms with Crippen LogP contribution in [0, 0.1) is 0 Å². The van der Waals surface area contributed by atoms with E-state index in [9.17, 15) is 14.4 Å². The molecule has 0 spiro atoms. The monoisotopic (exact) mass is 496 g/mol. The van der Waals surface area contributed by atoms with Crippen LogP contribution in [0.4, 0.5) is 0 Å². The number of hydrogen-bond acceptors (Lipinski definition) is 4. The molecule has 0 aliphatic rings. The van der Waals surface area contributed by atoms with Crippen molar-refractivity contribution in [1.82, 2.24) is 15.8 Å². The summed E-state index contributed by atoms with van der Waals surface area (Å²) in [5, 5.41) is 3.91. The molecule has 0 saturated heterocycles. The first kappa shape index (κ1) is 33.4. The molecular weight excluding hydrogens is 440 g/mol. The smallest absolute Gasteiger partial charge is 0.255 e. The molecule has 0 aliphatic heterocycles. The Hall–Kier alpha value is -1.63. The number of nitrogens with zero attached hydrogens (tertiary/aromatic N) is 1. The Morgan fingerprint density at radius 2 is 1.03 bits per heavy atom. The lowest BCUT2D eigenvalue weighted by molar-refractivity contribution is -0.143. The topological polar surface area (TPSA) is 105 Å². The van der Waals surface area contributed by atoms with Crippen LogP contribution in [0.2, 0.25) is 0 Å². The molecule has 0 aromatic carbocycles. The van der Waals surface area contributed by atoms with Crippen molar-refractivity contribution >= 4 is 17.7 Å². The van der Waals surface area contributed by atoms with E-state index in [1.165, 1.54) is 89.9 Å². The number of amides is 3. The molecule has 7 nitrogen and oxygen atoms in total. The maximum absolute atomic E-state index is 12.2. The maximum atomic E-state index is 12.2. The van der Waals surface area contributed by atoms with Gasteiger partial charge in [-0.3, -0.25) is 19.8 Å². The fraction of sp³-hybridized carbons (Fsp3) is 0.893. The van der Waals surface area contributed by atoms with Gasteiger partial charge in [0.15, 0.2) is 0 Å². The van der Waals surface area contributed by atoms with E-state index < -0.39 is 5.91 Å². The number of unbranched alkanes of at least 4 members (excludes halogenated alkanes) is 17. The quantitative estimate of drug-likeness (QED) is 0.117. The number of hydrazine groups is 1. The molecule has 0 heterocycles. The van der Waals surface area contributed by atoms with Gasteiger partial charge >= 0.3 is 0 Å². The van der Waals surface area contributed by atoms with Crippen molar-refractivity contribution in [2.75, 3.05) is 19.6 Å². The average Bonchev–Trinajstić information content (AvgIpc) is 2.85. The number of carbonyl (C=O) groups is 3. The SMILES string of the molecule is CCCCCCCCCCCCNC(=O)CN(NC(=O)CCCCCCCCCCC)C(=O)CN. The second kappa shape index (κ2) is 25.5. The Morgan fingerprint density at radius 3 is 1.49 bits per heavy atom. The van der Waals surface area contributed by atoms with Crippen LogP contribution in [0.5, 0.6) is 0 Å². The van der Waals surface area contributed by atoms with Gasteiger partial charge in [0.1, 0.15) is 6.54 Å². The van der Waals surface area contributed by atoms with E-state index in [1.54, 1.807) is 0 Å². The summed E-state index contributed by atoms with van der Waals surface area (Å²) in [4.78, 5) is 36.6. The standard InChI is InChI=1S/C28H56N4O3/c1-3-5-7-9-11-13-15-17-19-21-23-30-27(34)25-32(28(35)24-29)31-26(33)22-20-18-16-14-12-10-8-6-4-2/h3-25,29H2,1-2H3,(H,30,34)(H,31,33). The van der Waals surface area contributed by atoms with E-state index in [4.69, 9.17) is 5.73 Å². The van der Waals surface area contributed by atoms with Crippen molar-refractivity contribution in [3.8, 4) is 0 Å². The van der Waals surface area contributed by atoms with Gasteiger partial charge in [0.25, 0.3) is 5.91 Å². The minimum Gasteiger partial charge on any atom is -0.354 e. The van der Waals surface area contributed by atoms with Gasteiger partial charge in [-0.15, -0.1) is 0 Å². The molecule has 0 aromatic heterocycles. The van der Waals surface area contributed by atoms with Crippen LogP contribution in [-0.2, 0) is 14.4 Å². The third-order valence-electron chi connectivity index (χ3n) is 6.40. The summed E-state index contributed by atoms with van der Waals surface area (Å²) < 4.78 is 0. The Labute approximate surface area is 215 Å². The first-order valence-corrected chi connectivity index (χ1v) is 14.6. The Bertz CT molecular complexity index is 528. The molecule has 0 saturated carbocycles. The van der Waals surface area contributed by atoms with Gasteiger partial charge in [0.05, 0.1) is 6.54 Å². The second-order valence-corrected chi connectivity index (χ2v) is 9.83. The molecule has 4 N–H and O–H groups in total. The zero-order valence-electron chi connectivity index (χ0n) is 23.0. The predicted molar refractivity (Wildman–Crippen MR) is 146 cm³/mol. The zero-order valence-corrected chi connectivity index (χ0v) is 23.0. The number of nitrogens with two attached hydrogens (primary N) is 1. The highest BCUT2D eigenvalue weighted by Crippen LogP contribution is 2.11. The minimum absolute atomic E-state index is 0.197. The van der Waals surface area contributed by atoms with Crippen molar-refractivity contribution in [2.24, 2.45) is 5.73 Å². The fourth-order valence-corrected chi connectivity index (χ4v) is 4.14. The van der Waals surface area contributed by atoms with E-state index in [2.05, 4.69) is 24.6 Å². The highest BCUT2D eigenvalue weighted by atomic mass is 16.2. The normalized spacial score (nSPS) is 10.8. The van der Waals surface area contributed by atoms with Crippen LogP contribution in [0.1, 0.15) is 142 Å². The third-order valence-corrected chi connectivity index (χ3v) is 6.40. The van der Waals surface area contributed by atoms with E-state index >= 15 is 0 Å². The van der Waals surface area contributed by atoms with Gasteiger partial charge in [-0.05, 0) is 12.8 Å². The number of hydrogen-bond donors (Lipinski definition) is 3. The first-order chi connectivity index (χ1) is 17.0. The third kappa shape index (κ3) is 22.6. The lowest BCUT2D eigenvalue weighted by Crippen LogP contribution is -2.52. The minimum atomic E-state index is -0.459. The van der Waals surface area contributed by atoms with Gasteiger partial charge in [-0.25, -0.2) is 5.01 Å². The Balaban J connectivity index is 3.89. The maximum Gasteiger partial charge on any atom is 0.255 e. The predicted octanol–water partition coefficient (Wildman–Crippen LogP) is 5.76. The lowest BCUT2D eigenvalue weighted by Gasteiger charge is -2.22. The van der Waals surface area contributed by atoms with Crippen molar-refractivity contribution in [2.45, 2.75) is 142 Å². The molecule has 0 rings (SSSR count). The molecule has 35 heavy (non-hydrogen) atoms. The van der Waals surface area contributed by atoms with Crippen molar-refractivity contribution in [3.05, 3.63) is 0 Å². The van der Waals surface area contributed by atoms with Crippen LogP contribution < -0.4 is 16.5 Å². The summed E-state index contributed by atoms with van der Waals surface area (Å²) in [5.41, 5.74) is 8.03. The number of rotatable bonds is 24. The van der Waals surface area contributed by atoms with Gasteiger partial charge in [-0.2, -0.15) is 0 Å². The summed E-state index contributed by atoms with van der Waals surface area (Å²) in [5.74, 6) is -0.970. The van der Waals surface area contributed by atoms with Crippen LogP contribution in [0.3, 0.4) is 0 Å². The molecule has 206 valence electrons.